The molecule has 1 unspecified atom stereocenters. The third-order valence-corrected chi connectivity index (χ3v) is 13.2. The normalized spacial score (nSPS) is 14.5. The maximum atomic E-state index is 10.4. The first-order chi connectivity index (χ1) is 31.1. The van der Waals surface area contributed by atoms with Crippen LogP contribution in [-0.2, 0) is 11.8 Å². The number of hydrogen-bond acceptors (Lipinski definition) is 4. The maximum Gasteiger partial charge on any atom is 0.138 e. The summed E-state index contributed by atoms with van der Waals surface area (Å²) in [6, 6.07) is 72.5. The smallest absolute Gasteiger partial charge is 0.138 e. The van der Waals surface area contributed by atoms with Crippen LogP contribution in [-0.4, -0.2) is 15.6 Å². The van der Waals surface area contributed by atoms with E-state index in [0.717, 1.165) is 95.5 Å². The Labute approximate surface area is 366 Å². The molecule has 63 heavy (non-hydrogen) atoms. The Morgan fingerprint density at radius 1 is 0.540 bits per heavy atom. The van der Waals surface area contributed by atoms with Gasteiger partial charge in [-0.25, -0.2) is 4.98 Å². The van der Waals surface area contributed by atoms with Gasteiger partial charge < -0.3 is 4.90 Å². The van der Waals surface area contributed by atoms with Gasteiger partial charge in [-0.15, -0.1) is 0 Å². The van der Waals surface area contributed by atoms with Crippen LogP contribution in [0.2, 0.25) is 0 Å². The maximum absolute atomic E-state index is 10.4. The second-order valence-electron chi connectivity index (χ2n) is 16.5. The van der Waals surface area contributed by atoms with Crippen LogP contribution in [0.5, 0.6) is 0 Å². The topological polar surface area (TPSA) is 68.6 Å². The molecule has 0 saturated heterocycles. The number of para-hydroxylation sites is 2. The highest BCUT2D eigenvalue weighted by Gasteiger charge is 2.55. The zero-order valence-corrected chi connectivity index (χ0v) is 34.2. The quantitative estimate of drug-likeness (QED) is 0.168. The second-order valence-corrected chi connectivity index (χ2v) is 16.5. The van der Waals surface area contributed by atoms with Crippen LogP contribution >= 0.6 is 0 Å². The minimum atomic E-state index is -0.819. The molecule has 294 valence electrons. The van der Waals surface area contributed by atoms with E-state index in [0.29, 0.717) is 17.5 Å². The molecule has 0 saturated carbocycles. The lowest BCUT2D eigenvalue weighted by molar-refractivity contribution is 0.728. The molecule has 0 aliphatic heterocycles. The summed E-state index contributed by atoms with van der Waals surface area (Å²) in [6.07, 6.45) is 5.38. The van der Waals surface area contributed by atoms with Crippen molar-refractivity contribution in [2.24, 2.45) is 0 Å². The van der Waals surface area contributed by atoms with Crippen LogP contribution in [0, 0.1) is 22.7 Å². The van der Waals surface area contributed by atoms with Gasteiger partial charge >= 0.3 is 0 Å². The molecular weight excluding hydrogens is 767 g/mol. The molecule has 3 aliphatic carbocycles. The van der Waals surface area contributed by atoms with Crippen molar-refractivity contribution < 1.29 is 0 Å². The van der Waals surface area contributed by atoms with Gasteiger partial charge in [-0.3, -0.25) is 4.57 Å². The summed E-state index contributed by atoms with van der Waals surface area (Å²) in [7, 11) is 0. The van der Waals surface area contributed by atoms with Gasteiger partial charge in [-0.1, -0.05) is 146 Å². The van der Waals surface area contributed by atoms with E-state index in [1.165, 1.54) is 0 Å². The monoisotopic (exact) mass is 803 g/mol. The fourth-order valence-corrected chi connectivity index (χ4v) is 10.6. The third kappa shape index (κ3) is 5.44. The van der Waals surface area contributed by atoms with E-state index in [-0.39, 0.29) is 6.04 Å². The molecular formula is C58H37N5. The first-order valence-corrected chi connectivity index (χ1v) is 21.3. The summed E-state index contributed by atoms with van der Waals surface area (Å²) >= 11 is 0. The molecule has 5 heteroatoms. The van der Waals surface area contributed by atoms with Crippen LogP contribution in [0.3, 0.4) is 0 Å². The van der Waals surface area contributed by atoms with Crippen molar-refractivity contribution in [3.8, 4) is 62.7 Å². The van der Waals surface area contributed by atoms with Crippen LogP contribution in [0.4, 0.5) is 11.4 Å². The molecule has 7 aromatic carbocycles. The predicted octanol–water partition coefficient (Wildman–Crippen LogP) is 13.1. The van der Waals surface area contributed by atoms with Gasteiger partial charge in [0.05, 0.1) is 46.1 Å². The van der Waals surface area contributed by atoms with Crippen molar-refractivity contribution in [1.82, 2.24) is 9.55 Å². The minimum Gasteiger partial charge on any atom is -0.334 e. The number of aromatic nitrogens is 2. The molecule has 12 rings (SSSR count). The van der Waals surface area contributed by atoms with Crippen molar-refractivity contribution in [3.63, 3.8) is 0 Å². The average Bonchev–Trinajstić information content (AvgIpc) is 3.96. The van der Waals surface area contributed by atoms with E-state index in [2.05, 4.69) is 210 Å². The van der Waals surface area contributed by atoms with Crippen LogP contribution < -0.4 is 4.90 Å². The molecule has 0 N–H and O–H groups in total. The summed E-state index contributed by atoms with van der Waals surface area (Å²) in [6.45, 7) is 0. The van der Waals surface area contributed by atoms with Crippen LogP contribution in [0.1, 0.15) is 44.6 Å². The number of pyridine rings is 1. The van der Waals surface area contributed by atoms with Crippen molar-refractivity contribution in [3.05, 3.63) is 245 Å². The highest BCUT2D eigenvalue weighted by atomic mass is 15.2. The van der Waals surface area contributed by atoms with Gasteiger partial charge in [-0.05, 0) is 99.6 Å². The van der Waals surface area contributed by atoms with Gasteiger partial charge in [0.2, 0.25) is 0 Å². The van der Waals surface area contributed by atoms with Gasteiger partial charge in [0.1, 0.15) is 5.82 Å². The largest absolute Gasteiger partial charge is 0.334 e. The number of benzene rings is 7. The molecule has 0 bridgehead atoms. The first kappa shape index (κ1) is 36.4. The highest BCUT2D eigenvalue weighted by molar-refractivity contribution is 5.98. The zero-order chi connectivity index (χ0) is 42.1. The van der Waals surface area contributed by atoms with E-state index >= 15 is 0 Å². The first-order valence-electron chi connectivity index (χ1n) is 21.3. The molecule has 2 heterocycles. The lowest BCUT2D eigenvalue weighted by Gasteiger charge is -2.35. The summed E-state index contributed by atoms with van der Waals surface area (Å²) in [5.74, 6) is 0.828. The molecule has 2 aromatic heterocycles. The van der Waals surface area contributed by atoms with Gasteiger partial charge in [0.15, 0.2) is 0 Å². The molecule has 0 radical (unpaired) electrons. The molecule has 0 amide bonds. The lowest BCUT2D eigenvalue weighted by Crippen LogP contribution is -2.34. The van der Waals surface area contributed by atoms with Gasteiger partial charge in [0.25, 0.3) is 0 Å². The van der Waals surface area contributed by atoms with Crippen molar-refractivity contribution in [1.29, 1.82) is 10.5 Å². The number of fused-ring (bicyclic) bond motifs is 12. The molecule has 0 fully saturated rings. The van der Waals surface area contributed by atoms with Crippen molar-refractivity contribution in [2.75, 3.05) is 4.90 Å². The summed E-state index contributed by atoms with van der Waals surface area (Å²) in [5, 5.41) is 20.8. The number of nitriles is 2. The SMILES string of the molecule is N#Cc1ccc2c(c1)C1(c3cc(C#N)ccc3-2)c2ccccc2-c2c1c1c(n2-c2cc(-c3ccccc3)cc(-c3ccccc3)n2)CC(N(c2ccccc2)c2ccccc2)C=C1. The molecule has 5 nitrogen and oxygen atoms in total. The van der Waals surface area contributed by atoms with Gasteiger partial charge in [0, 0.05) is 45.7 Å². The Morgan fingerprint density at radius 2 is 1.10 bits per heavy atom. The molecule has 3 aliphatic rings. The number of rotatable bonds is 6. The Morgan fingerprint density at radius 3 is 1.70 bits per heavy atom. The standard InChI is InChI=1S/C58H37N5/c59-36-38-25-28-46-47-29-26-39(37-60)32-52(47)58(51(46)31-38)50-24-14-13-23-48(50)57-56(58)49-30-27-45(62(43-19-9-3-10-20-43)44-21-11-4-12-22-44)35-54(49)63(57)55-34-42(40-15-5-1-6-16-40)33-53(61-55)41-17-7-2-8-18-41/h1-34,45H,35H2. The zero-order valence-electron chi connectivity index (χ0n) is 34.2. The molecule has 9 aromatic rings. The molecule has 1 spiro atoms. The summed E-state index contributed by atoms with van der Waals surface area (Å²) in [4.78, 5) is 8.05. The predicted molar refractivity (Wildman–Crippen MR) is 252 cm³/mol. The summed E-state index contributed by atoms with van der Waals surface area (Å²) in [5.41, 5.74) is 17.7. The van der Waals surface area contributed by atoms with E-state index in [1.807, 2.05) is 18.2 Å². The van der Waals surface area contributed by atoms with Crippen LogP contribution in [0.15, 0.2) is 200 Å². The van der Waals surface area contributed by atoms with Crippen molar-refractivity contribution in [2.45, 2.75) is 17.9 Å². The lowest BCUT2D eigenvalue weighted by atomic mass is 9.69. The van der Waals surface area contributed by atoms with Crippen LogP contribution in [0.25, 0.3) is 56.7 Å². The Bertz CT molecular complexity index is 3230. The van der Waals surface area contributed by atoms with E-state index in [9.17, 15) is 10.5 Å². The number of nitrogens with zero attached hydrogens (tertiary/aromatic N) is 5. The number of hydrogen-bond donors (Lipinski definition) is 0. The van der Waals surface area contributed by atoms with Crippen molar-refractivity contribution >= 4 is 17.5 Å². The fraction of sp³-hybridized carbons (Fsp3) is 0.0517. The Balaban J connectivity index is 1.21. The van der Waals surface area contributed by atoms with E-state index < -0.39 is 5.41 Å². The van der Waals surface area contributed by atoms with E-state index in [4.69, 9.17) is 4.98 Å². The average molecular weight is 804 g/mol. The summed E-state index contributed by atoms with van der Waals surface area (Å²) < 4.78 is 2.45. The Hall–Kier alpha value is -8.51. The molecule has 1 atom stereocenters. The van der Waals surface area contributed by atoms with Gasteiger partial charge in [-0.2, -0.15) is 10.5 Å². The highest BCUT2D eigenvalue weighted by Crippen LogP contribution is 2.65. The Kier molecular flexibility index (Phi) is 8.26. The number of anilines is 2. The second kappa shape index (κ2) is 14.3. The third-order valence-electron chi connectivity index (χ3n) is 13.2. The minimum absolute atomic E-state index is 0.0493. The van der Waals surface area contributed by atoms with E-state index in [1.54, 1.807) is 0 Å². The fourth-order valence-electron chi connectivity index (χ4n) is 10.6.